The van der Waals surface area contributed by atoms with E-state index < -0.39 is 0 Å². The van der Waals surface area contributed by atoms with Crippen molar-refractivity contribution in [3.05, 3.63) is 108 Å². The molecular weight excluding hydrogens is 464 g/mol. The molecule has 5 aromatic rings. The zero-order valence-electron chi connectivity index (χ0n) is 20.2. The minimum Gasteiger partial charge on any atom is -0.486 e. The quantitative estimate of drug-likeness (QED) is 0.296. The number of hydrogen-bond acceptors (Lipinski definition) is 4. The van der Waals surface area contributed by atoms with Crippen molar-refractivity contribution in [3.63, 3.8) is 0 Å². The number of carbonyl (C=O) groups is 1. The second kappa shape index (κ2) is 10.1. The van der Waals surface area contributed by atoms with E-state index in [1.54, 1.807) is 18.2 Å². The van der Waals surface area contributed by atoms with Crippen LogP contribution in [0.15, 0.2) is 97.1 Å². The molecule has 0 fully saturated rings. The summed E-state index contributed by atoms with van der Waals surface area (Å²) in [4.78, 5) is 17.4. The second-order valence-electron chi connectivity index (χ2n) is 8.82. The summed E-state index contributed by atoms with van der Waals surface area (Å²) in [6.07, 6.45) is 1.63. The number of ether oxygens (including phenoxy) is 2. The summed E-state index contributed by atoms with van der Waals surface area (Å²) in [6, 6.07) is 31.5. The van der Waals surface area contributed by atoms with Crippen LogP contribution in [0.4, 0.5) is 16.2 Å². The predicted molar refractivity (Wildman–Crippen MR) is 145 cm³/mol. The molecule has 2 N–H and O–H groups in total. The van der Waals surface area contributed by atoms with Crippen molar-refractivity contribution < 1.29 is 14.3 Å². The Bertz CT molecular complexity index is 1540. The highest BCUT2D eigenvalue weighted by Crippen LogP contribution is 2.32. The van der Waals surface area contributed by atoms with Gasteiger partial charge in [-0.25, -0.2) is 9.78 Å². The van der Waals surface area contributed by atoms with Crippen LogP contribution in [-0.4, -0.2) is 28.8 Å². The number of para-hydroxylation sites is 3. The number of carbonyl (C=O) groups excluding carboxylic acids is 1. The zero-order valence-corrected chi connectivity index (χ0v) is 20.2. The average molecular weight is 491 g/mol. The van der Waals surface area contributed by atoms with Crippen molar-refractivity contribution in [2.45, 2.75) is 12.8 Å². The van der Waals surface area contributed by atoms with Gasteiger partial charge in [0.2, 0.25) is 0 Å². The normalized spacial score (nSPS) is 12.3. The van der Waals surface area contributed by atoms with E-state index in [2.05, 4.69) is 39.5 Å². The van der Waals surface area contributed by atoms with E-state index in [0.29, 0.717) is 30.4 Å². The van der Waals surface area contributed by atoms with Crippen molar-refractivity contribution in [3.8, 4) is 17.2 Å². The number of urea groups is 1. The molecule has 7 heteroatoms. The molecule has 0 radical (unpaired) electrons. The molecule has 0 bridgehead atoms. The summed E-state index contributed by atoms with van der Waals surface area (Å²) in [5, 5.41) is 5.72. The smallest absolute Gasteiger partial charge is 0.323 e. The third-order valence-electron chi connectivity index (χ3n) is 6.29. The standard InChI is InChI=1S/C30H26N4O3/c35-30(32-23-15-16-27-28(20-23)37-19-18-36-27)31-22-13-10-21(11-14-22)12-17-29-33-25-8-4-5-9-26(25)34(29)24-6-2-1-3-7-24/h1-11,13-16,20H,12,17-19H2,(H2,31,32,35). The van der Waals surface area contributed by atoms with Gasteiger partial charge in [0.1, 0.15) is 19.0 Å². The third-order valence-corrected chi connectivity index (χ3v) is 6.29. The molecule has 0 saturated carbocycles. The lowest BCUT2D eigenvalue weighted by Crippen LogP contribution is -2.20. The molecule has 2 heterocycles. The number of imidazole rings is 1. The topological polar surface area (TPSA) is 77.4 Å². The number of rotatable bonds is 6. The Balaban J connectivity index is 1.11. The largest absolute Gasteiger partial charge is 0.486 e. The molecule has 0 atom stereocenters. The Labute approximate surface area is 214 Å². The van der Waals surface area contributed by atoms with Crippen LogP contribution >= 0.6 is 0 Å². The van der Waals surface area contributed by atoms with Crippen LogP contribution in [0.2, 0.25) is 0 Å². The van der Waals surface area contributed by atoms with Gasteiger partial charge in [0.05, 0.1) is 11.0 Å². The Kier molecular flexibility index (Phi) is 6.17. The van der Waals surface area contributed by atoms with Crippen LogP contribution in [0, 0.1) is 0 Å². The summed E-state index contributed by atoms with van der Waals surface area (Å²) < 4.78 is 13.3. The Hall–Kier alpha value is -4.78. The Morgan fingerprint density at radius 3 is 2.30 bits per heavy atom. The number of amides is 2. The molecule has 1 aliphatic rings. The van der Waals surface area contributed by atoms with E-state index in [1.807, 2.05) is 54.6 Å². The van der Waals surface area contributed by atoms with Crippen molar-refractivity contribution in [2.24, 2.45) is 0 Å². The lowest BCUT2D eigenvalue weighted by molar-refractivity contribution is 0.171. The minimum atomic E-state index is -0.319. The Morgan fingerprint density at radius 2 is 1.46 bits per heavy atom. The van der Waals surface area contributed by atoms with Crippen LogP contribution in [0.5, 0.6) is 11.5 Å². The molecular formula is C30H26N4O3. The fourth-order valence-electron chi connectivity index (χ4n) is 4.53. The first-order valence-corrected chi connectivity index (χ1v) is 12.3. The van der Waals surface area contributed by atoms with Crippen molar-refractivity contribution in [1.29, 1.82) is 0 Å². The van der Waals surface area contributed by atoms with Gasteiger partial charge in [0.15, 0.2) is 11.5 Å². The summed E-state index contributed by atoms with van der Waals surface area (Å²) in [6.45, 7) is 1.03. The highest BCUT2D eigenvalue weighted by Gasteiger charge is 2.14. The molecule has 184 valence electrons. The zero-order chi connectivity index (χ0) is 25.0. The van der Waals surface area contributed by atoms with Gasteiger partial charge in [-0.1, -0.05) is 42.5 Å². The third kappa shape index (κ3) is 4.97. The number of aromatic nitrogens is 2. The fourth-order valence-corrected chi connectivity index (χ4v) is 4.53. The van der Waals surface area contributed by atoms with E-state index in [0.717, 1.165) is 41.1 Å². The maximum Gasteiger partial charge on any atom is 0.323 e. The van der Waals surface area contributed by atoms with Gasteiger partial charge < -0.3 is 20.1 Å². The van der Waals surface area contributed by atoms with Gasteiger partial charge in [-0.05, 0) is 60.5 Å². The van der Waals surface area contributed by atoms with E-state index in [4.69, 9.17) is 14.5 Å². The average Bonchev–Trinajstić information content (AvgIpc) is 3.31. The molecule has 7 nitrogen and oxygen atoms in total. The molecule has 6 rings (SSSR count). The maximum atomic E-state index is 12.5. The van der Waals surface area contributed by atoms with Gasteiger partial charge in [-0.2, -0.15) is 0 Å². The van der Waals surface area contributed by atoms with Gasteiger partial charge in [-0.3, -0.25) is 4.57 Å². The SMILES string of the molecule is O=C(Nc1ccc(CCc2nc3ccccc3n2-c2ccccc2)cc1)Nc1ccc2c(c1)OCCO2. The van der Waals surface area contributed by atoms with Crippen molar-refractivity contribution in [1.82, 2.24) is 9.55 Å². The molecule has 1 aliphatic heterocycles. The predicted octanol–water partition coefficient (Wildman–Crippen LogP) is 6.23. The molecule has 37 heavy (non-hydrogen) atoms. The first-order chi connectivity index (χ1) is 18.2. The lowest BCUT2D eigenvalue weighted by Gasteiger charge is -2.19. The van der Waals surface area contributed by atoms with E-state index in [1.165, 1.54) is 5.56 Å². The maximum absolute atomic E-state index is 12.5. The molecule has 0 saturated heterocycles. The van der Waals surface area contributed by atoms with Gasteiger partial charge in [-0.15, -0.1) is 0 Å². The first-order valence-electron chi connectivity index (χ1n) is 12.3. The Morgan fingerprint density at radius 1 is 0.757 bits per heavy atom. The second-order valence-corrected chi connectivity index (χ2v) is 8.82. The summed E-state index contributed by atoms with van der Waals surface area (Å²) in [7, 11) is 0. The number of fused-ring (bicyclic) bond motifs is 2. The van der Waals surface area contributed by atoms with Crippen LogP contribution in [0.3, 0.4) is 0 Å². The first kappa shape index (κ1) is 22.7. The monoisotopic (exact) mass is 490 g/mol. The van der Waals surface area contributed by atoms with Crippen LogP contribution in [0.25, 0.3) is 16.7 Å². The molecule has 4 aromatic carbocycles. The number of hydrogen-bond donors (Lipinski definition) is 2. The number of nitrogens with one attached hydrogen (secondary N) is 2. The fraction of sp³-hybridized carbons (Fsp3) is 0.133. The van der Waals surface area contributed by atoms with Crippen molar-refractivity contribution >= 4 is 28.4 Å². The molecule has 0 unspecified atom stereocenters. The summed E-state index contributed by atoms with van der Waals surface area (Å²) in [5.41, 5.74) is 5.73. The van der Waals surface area contributed by atoms with Gasteiger partial charge in [0.25, 0.3) is 0 Å². The van der Waals surface area contributed by atoms with E-state index >= 15 is 0 Å². The number of benzene rings is 4. The van der Waals surface area contributed by atoms with Gasteiger partial charge >= 0.3 is 6.03 Å². The number of nitrogens with zero attached hydrogens (tertiary/aromatic N) is 2. The minimum absolute atomic E-state index is 0.319. The number of aryl methyl sites for hydroxylation is 2. The lowest BCUT2D eigenvalue weighted by atomic mass is 10.1. The highest BCUT2D eigenvalue weighted by molar-refractivity contribution is 5.99. The summed E-state index contributed by atoms with van der Waals surface area (Å²) in [5.74, 6) is 2.34. The molecule has 0 aliphatic carbocycles. The highest BCUT2D eigenvalue weighted by atomic mass is 16.6. The molecule has 2 amide bonds. The molecule has 1 aromatic heterocycles. The van der Waals surface area contributed by atoms with E-state index in [9.17, 15) is 4.79 Å². The number of anilines is 2. The van der Waals surface area contributed by atoms with Crippen LogP contribution in [0.1, 0.15) is 11.4 Å². The van der Waals surface area contributed by atoms with Crippen LogP contribution < -0.4 is 20.1 Å². The van der Waals surface area contributed by atoms with Crippen LogP contribution in [-0.2, 0) is 12.8 Å². The van der Waals surface area contributed by atoms with Crippen molar-refractivity contribution in [2.75, 3.05) is 23.8 Å². The van der Waals surface area contributed by atoms with E-state index in [-0.39, 0.29) is 6.03 Å². The molecule has 0 spiro atoms. The van der Waals surface area contributed by atoms with Gasteiger partial charge in [0, 0.05) is 29.5 Å². The summed E-state index contributed by atoms with van der Waals surface area (Å²) >= 11 is 0.